The minimum atomic E-state index is -0.337. The zero-order chi connectivity index (χ0) is 24.3. The molecule has 0 saturated heterocycles. The highest BCUT2D eigenvalue weighted by Gasteiger charge is 2.32. The first-order valence-corrected chi connectivity index (χ1v) is 13.6. The van der Waals surface area contributed by atoms with E-state index in [9.17, 15) is 4.79 Å². The molecule has 0 radical (unpaired) electrons. The molecule has 6 rings (SSSR count). The van der Waals surface area contributed by atoms with Gasteiger partial charge in [0.15, 0.2) is 5.16 Å². The smallest absolute Gasteiger partial charge is 0.268 e. The number of thioether (sulfide) groups is 1. The van der Waals surface area contributed by atoms with Crippen molar-refractivity contribution in [2.45, 2.75) is 43.4 Å². The van der Waals surface area contributed by atoms with E-state index in [4.69, 9.17) is 27.9 Å². The van der Waals surface area contributed by atoms with Crippen LogP contribution in [0.5, 0.6) is 0 Å². The number of ether oxygens (including phenoxy) is 1. The standard InChI is InChI=1S/C25H20Cl2N4O2S2/c1-25(2)11-17-19(12-33-25)35-22-20(17)21(32)30(16-6-4-3-5-7-16)23-28-29-24(31(22)23)34-13-14-8-9-15(26)10-18(14)27/h3-10H,11-13H2,1-2H3. The van der Waals surface area contributed by atoms with Crippen molar-refractivity contribution >= 4 is 62.3 Å². The Balaban J connectivity index is 1.58. The number of nitrogens with zero attached hydrogens (tertiary/aromatic N) is 4. The van der Waals surface area contributed by atoms with Gasteiger partial charge in [-0.3, -0.25) is 4.79 Å². The Morgan fingerprint density at radius 3 is 2.71 bits per heavy atom. The lowest BCUT2D eigenvalue weighted by molar-refractivity contribution is -0.0379. The molecular formula is C25H20Cl2N4O2S2. The van der Waals surface area contributed by atoms with E-state index < -0.39 is 0 Å². The lowest BCUT2D eigenvalue weighted by Gasteiger charge is -2.29. The molecule has 6 nitrogen and oxygen atoms in total. The van der Waals surface area contributed by atoms with Crippen LogP contribution >= 0.6 is 46.3 Å². The molecule has 1 aliphatic rings. The van der Waals surface area contributed by atoms with Crippen LogP contribution in [0, 0.1) is 0 Å². The fourth-order valence-corrected chi connectivity index (χ4v) is 7.16. The molecule has 35 heavy (non-hydrogen) atoms. The summed E-state index contributed by atoms with van der Waals surface area (Å²) in [6.45, 7) is 4.60. The number of hydrogen-bond acceptors (Lipinski definition) is 6. The van der Waals surface area contributed by atoms with Gasteiger partial charge < -0.3 is 4.74 Å². The SMILES string of the molecule is CC1(C)Cc2c(sc3c2c(=O)n(-c2ccccc2)c2nnc(SCc4ccc(Cl)cc4Cl)n32)CO1. The predicted molar refractivity (Wildman–Crippen MR) is 143 cm³/mol. The van der Waals surface area contributed by atoms with Crippen molar-refractivity contribution < 1.29 is 4.74 Å². The van der Waals surface area contributed by atoms with E-state index in [1.807, 2.05) is 46.9 Å². The van der Waals surface area contributed by atoms with Gasteiger partial charge in [0.25, 0.3) is 5.56 Å². The first kappa shape index (κ1) is 23.1. The summed E-state index contributed by atoms with van der Waals surface area (Å²) in [5.74, 6) is 1.07. The second-order valence-corrected chi connectivity index (χ2v) is 11.9. The molecule has 5 aromatic rings. The summed E-state index contributed by atoms with van der Waals surface area (Å²) < 4.78 is 9.71. The Kier molecular flexibility index (Phi) is 5.69. The fourth-order valence-electron chi connectivity index (χ4n) is 4.39. The van der Waals surface area contributed by atoms with Crippen LogP contribution in [0.25, 0.3) is 21.7 Å². The van der Waals surface area contributed by atoms with Crippen LogP contribution in [-0.2, 0) is 23.5 Å². The summed E-state index contributed by atoms with van der Waals surface area (Å²) in [5.41, 5.74) is 2.34. The number of thiophene rings is 1. The van der Waals surface area contributed by atoms with Crippen LogP contribution in [0.15, 0.2) is 58.5 Å². The van der Waals surface area contributed by atoms with Gasteiger partial charge in [0, 0.05) is 27.1 Å². The Bertz CT molecular complexity index is 1660. The van der Waals surface area contributed by atoms with E-state index in [0.717, 1.165) is 26.5 Å². The van der Waals surface area contributed by atoms with Gasteiger partial charge in [-0.1, -0.05) is 59.2 Å². The van der Waals surface area contributed by atoms with E-state index in [1.165, 1.54) is 11.8 Å². The number of rotatable bonds is 4. The summed E-state index contributed by atoms with van der Waals surface area (Å²) in [7, 11) is 0. The van der Waals surface area contributed by atoms with Crippen molar-refractivity contribution in [2.75, 3.05) is 0 Å². The zero-order valence-electron chi connectivity index (χ0n) is 18.9. The van der Waals surface area contributed by atoms with Gasteiger partial charge in [0.1, 0.15) is 4.83 Å². The molecule has 0 atom stereocenters. The Labute approximate surface area is 219 Å². The number of benzene rings is 2. The second-order valence-electron chi connectivity index (χ2n) is 9.03. The quantitative estimate of drug-likeness (QED) is 0.241. The molecular weight excluding hydrogens is 523 g/mol. The van der Waals surface area contributed by atoms with Crippen LogP contribution < -0.4 is 5.56 Å². The molecule has 0 spiro atoms. The summed E-state index contributed by atoms with van der Waals surface area (Å²) in [6.07, 6.45) is 0.669. The monoisotopic (exact) mass is 542 g/mol. The average Bonchev–Trinajstić information content (AvgIpc) is 3.40. The van der Waals surface area contributed by atoms with Crippen molar-refractivity contribution in [1.29, 1.82) is 0 Å². The molecule has 0 unspecified atom stereocenters. The van der Waals surface area contributed by atoms with Gasteiger partial charge in [-0.15, -0.1) is 21.5 Å². The van der Waals surface area contributed by atoms with Gasteiger partial charge in [0.05, 0.1) is 23.3 Å². The maximum Gasteiger partial charge on any atom is 0.268 e. The summed E-state index contributed by atoms with van der Waals surface area (Å²) in [4.78, 5) is 15.9. The first-order valence-electron chi connectivity index (χ1n) is 11.0. The number of halogens is 2. The number of aromatic nitrogens is 4. The fraction of sp³-hybridized carbons (Fsp3) is 0.240. The lowest BCUT2D eigenvalue weighted by atomic mass is 9.94. The predicted octanol–water partition coefficient (Wildman–Crippen LogP) is 6.55. The third kappa shape index (κ3) is 3.97. The second kappa shape index (κ2) is 8.64. The maximum atomic E-state index is 14.0. The van der Waals surface area contributed by atoms with E-state index in [2.05, 4.69) is 24.0 Å². The van der Waals surface area contributed by atoms with Crippen molar-refractivity contribution in [2.24, 2.45) is 0 Å². The van der Waals surface area contributed by atoms with Crippen molar-refractivity contribution in [3.8, 4) is 5.69 Å². The number of para-hydroxylation sites is 1. The number of hydrogen-bond donors (Lipinski definition) is 0. The Morgan fingerprint density at radius 1 is 1.14 bits per heavy atom. The molecule has 1 aliphatic heterocycles. The highest BCUT2D eigenvalue weighted by Crippen LogP contribution is 2.39. The molecule has 4 heterocycles. The Morgan fingerprint density at radius 2 is 1.94 bits per heavy atom. The molecule has 0 bridgehead atoms. The summed E-state index contributed by atoms with van der Waals surface area (Å²) >= 11 is 15.6. The molecule has 0 saturated carbocycles. The van der Waals surface area contributed by atoms with Crippen LogP contribution in [0.1, 0.15) is 29.9 Å². The highest BCUT2D eigenvalue weighted by atomic mass is 35.5. The van der Waals surface area contributed by atoms with Gasteiger partial charge in [-0.2, -0.15) is 0 Å². The molecule has 2 aromatic carbocycles. The van der Waals surface area contributed by atoms with Crippen LogP contribution in [-0.4, -0.2) is 24.8 Å². The van der Waals surface area contributed by atoms with Crippen molar-refractivity contribution in [3.63, 3.8) is 0 Å². The van der Waals surface area contributed by atoms with E-state index in [-0.39, 0.29) is 11.2 Å². The number of fused-ring (bicyclic) bond motifs is 5. The largest absolute Gasteiger partial charge is 0.370 e. The van der Waals surface area contributed by atoms with Gasteiger partial charge in [-0.05, 0) is 49.2 Å². The lowest BCUT2D eigenvalue weighted by Crippen LogP contribution is -2.32. The van der Waals surface area contributed by atoms with E-state index in [0.29, 0.717) is 45.1 Å². The maximum absolute atomic E-state index is 14.0. The molecule has 3 aromatic heterocycles. The molecule has 0 N–H and O–H groups in total. The van der Waals surface area contributed by atoms with Crippen LogP contribution in [0.2, 0.25) is 10.0 Å². The van der Waals surface area contributed by atoms with Gasteiger partial charge >= 0.3 is 0 Å². The third-order valence-corrected chi connectivity index (χ3v) is 8.85. The highest BCUT2D eigenvalue weighted by molar-refractivity contribution is 7.98. The summed E-state index contributed by atoms with van der Waals surface area (Å²) in [5, 5.41) is 11.6. The molecule has 0 aliphatic carbocycles. The summed E-state index contributed by atoms with van der Waals surface area (Å²) in [6, 6.07) is 15.1. The Hall–Kier alpha value is -2.36. The van der Waals surface area contributed by atoms with Crippen LogP contribution in [0.4, 0.5) is 0 Å². The topological polar surface area (TPSA) is 61.4 Å². The van der Waals surface area contributed by atoms with E-state index in [1.54, 1.807) is 22.0 Å². The first-order chi connectivity index (χ1) is 16.8. The molecule has 10 heteroatoms. The molecule has 178 valence electrons. The van der Waals surface area contributed by atoms with Gasteiger partial charge in [0.2, 0.25) is 5.78 Å². The zero-order valence-corrected chi connectivity index (χ0v) is 22.1. The third-order valence-electron chi connectivity index (χ3n) is 6.09. The van der Waals surface area contributed by atoms with Crippen LogP contribution in [0.3, 0.4) is 0 Å². The molecule has 0 amide bonds. The van der Waals surface area contributed by atoms with E-state index >= 15 is 0 Å². The van der Waals surface area contributed by atoms with Gasteiger partial charge in [-0.25, -0.2) is 8.97 Å². The normalized spacial score (nSPS) is 15.1. The average molecular weight is 544 g/mol. The minimum Gasteiger partial charge on any atom is -0.370 e. The van der Waals surface area contributed by atoms with Crippen molar-refractivity contribution in [1.82, 2.24) is 19.2 Å². The van der Waals surface area contributed by atoms with Crippen molar-refractivity contribution in [3.05, 3.63) is 84.9 Å². The minimum absolute atomic E-state index is 0.0846. The molecule has 0 fully saturated rings.